The minimum absolute atomic E-state index is 0.135. The molecule has 29 heavy (non-hydrogen) atoms. The van der Waals surface area contributed by atoms with Gasteiger partial charge >= 0.3 is 6.18 Å². The summed E-state index contributed by atoms with van der Waals surface area (Å²) in [6.45, 7) is 2.15. The van der Waals surface area contributed by atoms with Crippen LogP contribution < -0.4 is 0 Å². The van der Waals surface area contributed by atoms with Crippen LogP contribution in [0.25, 0.3) is 0 Å². The van der Waals surface area contributed by atoms with E-state index < -0.39 is 11.7 Å². The summed E-state index contributed by atoms with van der Waals surface area (Å²) < 4.78 is 51.2. The van der Waals surface area contributed by atoms with Crippen molar-refractivity contribution in [3.05, 3.63) is 71.0 Å². The summed E-state index contributed by atoms with van der Waals surface area (Å²) in [5.41, 5.74) is 1.27. The van der Waals surface area contributed by atoms with Gasteiger partial charge in [-0.3, -0.25) is 4.79 Å². The number of rotatable bonds is 6. The molecule has 0 bridgehead atoms. The number of carbonyl (C=O) groups is 1. The highest BCUT2D eigenvalue weighted by Gasteiger charge is 2.30. The van der Waals surface area contributed by atoms with E-state index in [0.29, 0.717) is 17.7 Å². The van der Waals surface area contributed by atoms with Gasteiger partial charge in [0, 0.05) is 19.4 Å². The van der Waals surface area contributed by atoms with Crippen LogP contribution >= 0.6 is 0 Å². The van der Waals surface area contributed by atoms with Gasteiger partial charge < -0.3 is 9.74 Å². The van der Waals surface area contributed by atoms with Gasteiger partial charge in [-0.15, -0.1) is 0 Å². The van der Waals surface area contributed by atoms with Crippen molar-refractivity contribution in [2.24, 2.45) is 5.16 Å². The molecule has 154 valence electrons. The third-order valence-corrected chi connectivity index (χ3v) is 4.64. The summed E-state index contributed by atoms with van der Waals surface area (Å²) >= 11 is 0. The van der Waals surface area contributed by atoms with E-state index in [1.54, 1.807) is 24.0 Å². The molecule has 3 rings (SSSR count). The number of alkyl halides is 3. The van der Waals surface area contributed by atoms with E-state index in [9.17, 15) is 22.4 Å². The molecule has 1 unspecified atom stereocenters. The number of hydrogen-bond acceptors (Lipinski definition) is 3. The Labute approximate surface area is 165 Å². The highest BCUT2D eigenvalue weighted by atomic mass is 19.4. The Morgan fingerprint density at radius 2 is 1.79 bits per heavy atom. The molecule has 4 nitrogen and oxygen atoms in total. The third-order valence-electron chi connectivity index (χ3n) is 4.64. The van der Waals surface area contributed by atoms with E-state index in [1.165, 1.54) is 24.3 Å². The molecule has 1 atom stereocenters. The zero-order chi connectivity index (χ0) is 21.0. The van der Waals surface area contributed by atoms with Gasteiger partial charge in [0.2, 0.25) is 5.91 Å². The predicted molar refractivity (Wildman–Crippen MR) is 99.6 cm³/mol. The van der Waals surface area contributed by atoms with Crippen molar-refractivity contribution in [2.75, 3.05) is 6.54 Å². The lowest BCUT2D eigenvalue weighted by molar-refractivity contribution is -0.137. The second-order valence-corrected chi connectivity index (χ2v) is 6.80. The van der Waals surface area contributed by atoms with Crippen LogP contribution in [0.4, 0.5) is 17.6 Å². The second-order valence-electron chi connectivity index (χ2n) is 6.80. The smallest absolute Gasteiger partial charge is 0.390 e. The van der Waals surface area contributed by atoms with Crippen molar-refractivity contribution in [2.45, 2.75) is 38.6 Å². The van der Waals surface area contributed by atoms with Gasteiger partial charge in [0.1, 0.15) is 5.82 Å². The SMILES string of the molecule is CCC(=O)N(Cc1ccc(C(F)(F)F)cc1)CC1CC(c2ccc(F)cc2)=NO1. The number of halogens is 4. The minimum Gasteiger partial charge on any atom is -0.390 e. The maximum absolute atomic E-state index is 13.1. The molecule has 1 aliphatic heterocycles. The van der Waals surface area contributed by atoms with Gasteiger partial charge in [0.15, 0.2) is 6.10 Å². The molecule has 8 heteroatoms. The van der Waals surface area contributed by atoms with Crippen molar-refractivity contribution in [1.29, 1.82) is 0 Å². The molecule has 1 amide bonds. The highest BCUT2D eigenvalue weighted by molar-refractivity contribution is 6.01. The van der Waals surface area contributed by atoms with Crippen molar-refractivity contribution in [1.82, 2.24) is 4.90 Å². The van der Waals surface area contributed by atoms with Crippen LogP contribution in [0.3, 0.4) is 0 Å². The van der Waals surface area contributed by atoms with Gasteiger partial charge in [-0.25, -0.2) is 4.39 Å². The Hall–Kier alpha value is -2.90. The summed E-state index contributed by atoms with van der Waals surface area (Å²) in [7, 11) is 0. The lowest BCUT2D eigenvalue weighted by Gasteiger charge is -2.24. The number of amides is 1. The fourth-order valence-corrected chi connectivity index (χ4v) is 3.08. The number of hydrogen-bond donors (Lipinski definition) is 0. The summed E-state index contributed by atoms with van der Waals surface area (Å²) in [5, 5.41) is 4.03. The summed E-state index contributed by atoms with van der Waals surface area (Å²) in [5.74, 6) is -0.482. The van der Waals surface area contributed by atoms with Crippen molar-refractivity contribution in [3.63, 3.8) is 0 Å². The van der Waals surface area contributed by atoms with Crippen LogP contribution in [-0.4, -0.2) is 29.2 Å². The first-order chi connectivity index (χ1) is 13.8. The third kappa shape index (κ3) is 5.34. The Morgan fingerprint density at radius 3 is 2.38 bits per heavy atom. The Balaban J connectivity index is 1.64. The molecule has 0 saturated heterocycles. The van der Waals surface area contributed by atoms with Gasteiger partial charge in [0.05, 0.1) is 17.8 Å². The molecule has 0 aliphatic carbocycles. The molecule has 1 aliphatic rings. The van der Waals surface area contributed by atoms with E-state index in [1.807, 2.05) is 0 Å². The van der Waals surface area contributed by atoms with Gasteiger partial charge in [0.25, 0.3) is 0 Å². The van der Waals surface area contributed by atoms with Crippen molar-refractivity contribution < 1.29 is 27.2 Å². The number of benzene rings is 2. The topological polar surface area (TPSA) is 41.9 Å². The molecule has 2 aromatic rings. The average Bonchev–Trinajstić information content (AvgIpc) is 3.15. The first-order valence-electron chi connectivity index (χ1n) is 9.18. The van der Waals surface area contributed by atoms with Gasteiger partial charge in [-0.2, -0.15) is 13.2 Å². The van der Waals surface area contributed by atoms with E-state index in [2.05, 4.69) is 5.16 Å². The maximum Gasteiger partial charge on any atom is 0.416 e. The lowest BCUT2D eigenvalue weighted by atomic mass is 10.0. The molecule has 0 N–H and O–H groups in total. The predicted octanol–water partition coefficient (Wildman–Crippen LogP) is 4.78. The zero-order valence-corrected chi connectivity index (χ0v) is 15.7. The van der Waals surface area contributed by atoms with Crippen molar-refractivity contribution >= 4 is 11.6 Å². The molecule has 0 fully saturated rings. The van der Waals surface area contributed by atoms with Crippen LogP contribution in [0.1, 0.15) is 36.5 Å². The number of carbonyl (C=O) groups excluding carboxylic acids is 1. The number of oxime groups is 1. The molecule has 0 spiro atoms. The molecule has 1 heterocycles. The molecule has 2 aromatic carbocycles. The summed E-state index contributed by atoms with van der Waals surface area (Å²) in [4.78, 5) is 19.3. The van der Waals surface area contributed by atoms with E-state index in [-0.39, 0.29) is 37.3 Å². The average molecular weight is 408 g/mol. The maximum atomic E-state index is 13.1. The lowest BCUT2D eigenvalue weighted by Crippen LogP contribution is -2.36. The molecule has 0 aromatic heterocycles. The minimum atomic E-state index is -4.40. The molecule has 0 radical (unpaired) electrons. The first-order valence-corrected chi connectivity index (χ1v) is 9.18. The Morgan fingerprint density at radius 1 is 1.14 bits per heavy atom. The Kier molecular flexibility index (Phi) is 6.20. The van der Waals surface area contributed by atoms with Crippen LogP contribution in [0.2, 0.25) is 0 Å². The van der Waals surface area contributed by atoms with Crippen LogP contribution in [0, 0.1) is 5.82 Å². The fraction of sp³-hybridized carbons (Fsp3) is 0.333. The standard InChI is InChI=1S/C21H20F4N2O2/c1-2-20(28)27(12-14-3-7-16(8-4-14)21(23,24)25)13-18-11-19(26-29-18)15-5-9-17(22)10-6-15/h3-10,18H,2,11-13H2,1H3. The van der Waals surface area contributed by atoms with Crippen LogP contribution in [-0.2, 0) is 22.4 Å². The monoisotopic (exact) mass is 408 g/mol. The van der Waals surface area contributed by atoms with Crippen LogP contribution in [0.5, 0.6) is 0 Å². The van der Waals surface area contributed by atoms with E-state index in [4.69, 9.17) is 4.84 Å². The quantitative estimate of drug-likeness (QED) is 0.646. The normalized spacial score (nSPS) is 16.3. The van der Waals surface area contributed by atoms with Crippen LogP contribution in [0.15, 0.2) is 53.7 Å². The summed E-state index contributed by atoms with van der Waals surface area (Å²) in [6, 6.07) is 10.6. The fourth-order valence-electron chi connectivity index (χ4n) is 3.08. The van der Waals surface area contributed by atoms with Gasteiger partial charge in [-0.1, -0.05) is 36.3 Å². The molecular formula is C21H20F4N2O2. The van der Waals surface area contributed by atoms with Crippen molar-refractivity contribution in [3.8, 4) is 0 Å². The first kappa shape index (κ1) is 20.8. The van der Waals surface area contributed by atoms with E-state index in [0.717, 1.165) is 17.7 Å². The van der Waals surface area contributed by atoms with Gasteiger partial charge in [-0.05, 0) is 35.4 Å². The highest BCUT2D eigenvalue weighted by Crippen LogP contribution is 2.29. The van der Waals surface area contributed by atoms with E-state index >= 15 is 0 Å². The summed E-state index contributed by atoms with van der Waals surface area (Å²) in [6.07, 6.45) is -4.06. The molecule has 0 saturated carbocycles. The zero-order valence-electron chi connectivity index (χ0n) is 15.7. The number of nitrogens with zero attached hydrogens (tertiary/aromatic N) is 2. The second kappa shape index (κ2) is 8.63. The molecular weight excluding hydrogens is 388 g/mol. The largest absolute Gasteiger partial charge is 0.416 e. The Bertz CT molecular complexity index is 877.